The van der Waals surface area contributed by atoms with Crippen LogP contribution in [0.4, 0.5) is 0 Å². The van der Waals surface area contributed by atoms with Gasteiger partial charge in [0.1, 0.15) is 0 Å². The number of rotatable bonds is 24. The molecule has 0 heterocycles. The van der Waals surface area contributed by atoms with Crippen LogP contribution < -0.4 is 4.89 Å². The van der Waals surface area contributed by atoms with Crippen molar-refractivity contribution in [2.75, 3.05) is 41.4 Å². The number of hydrogen-bond donors (Lipinski definition) is 0. The van der Waals surface area contributed by atoms with E-state index in [1.54, 1.807) is 0 Å². The van der Waals surface area contributed by atoms with Crippen molar-refractivity contribution < 1.29 is 23.0 Å². The van der Waals surface area contributed by atoms with Crippen LogP contribution in [-0.2, 0) is 13.6 Å². The summed E-state index contributed by atoms with van der Waals surface area (Å²) in [6, 6.07) is 0. The van der Waals surface area contributed by atoms with Crippen LogP contribution in [0.25, 0.3) is 0 Å². The zero-order valence-electron chi connectivity index (χ0n) is 24.1. The molecule has 0 amide bonds. The largest absolute Gasteiger partial charge is 0.756 e. The maximum absolute atomic E-state index is 11.7. The molecule has 0 N–H and O–H groups in total. The average molecular weight is 508 g/mol. The molecule has 0 rings (SSSR count). The molecule has 0 aromatic rings. The molecule has 0 saturated heterocycles. The third kappa shape index (κ3) is 39.3. The van der Waals surface area contributed by atoms with Crippen molar-refractivity contribution in [3.05, 3.63) is 0 Å². The monoisotopic (exact) mass is 507 g/mol. The quantitative estimate of drug-likeness (QED) is 0.0745. The Bertz CT molecular complexity index is 405. The molecule has 0 spiro atoms. The van der Waals surface area contributed by atoms with Gasteiger partial charge in [0.25, 0.3) is 7.82 Å². The van der Waals surface area contributed by atoms with Crippen LogP contribution in [0, 0.1) is 0 Å². The highest BCUT2D eigenvalue weighted by molar-refractivity contribution is 7.45. The first-order chi connectivity index (χ1) is 16.1. The minimum atomic E-state index is -4.10. The lowest BCUT2D eigenvalue weighted by molar-refractivity contribution is -0.849. The van der Waals surface area contributed by atoms with E-state index >= 15 is 0 Å². The highest BCUT2D eigenvalue weighted by atomic mass is 31.2. The molecule has 0 saturated carbocycles. The molecule has 0 unspecified atom stereocenters. The Morgan fingerprint density at radius 2 is 0.706 bits per heavy atom. The molecule has 0 aliphatic heterocycles. The molecule has 0 radical (unpaired) electrons. The summed E-state index contributed by atoms with van der Waals surface area (Å²) in [5.41, 5.74) is 0. The van der Waals surface area contributed by atoms with E-state index in [1.165, 1.54) is 103 Å². The Labute approximate surface area is 214 Å². The van der Waals surface area contributed by atoms with Gasteiger partial charge in [0, 0.05) is 0 Å². The van der Waals surface area contributed by atoms with Crippen LogP contribution in [0.1, 0.15) is 142 Å². The highest BCUT2D eigenvalue weighted by Gasteiger charge is 2.08. The third-order valence-corrected chi connectivity index (χ3v) is 6.49. The summed E-state index contributed by atoms with van der Waals surface area (Å²) in [5.74, 6) is 0. The van der Waals surface area contributed by atoms with Crippen molar-refractivity contribution in [2.24, 2.45) is 0 Å². The second-order valence-electron chi connectivity index (χ2n) is 11.2. The van der Waals surface area contributed by atoms with E-state index in [-0.39, 0.29) is 13.2 Å². The minimum absolute atomic E-state index is 0.259. The fourth-order valence-electron chi connectivity index (χ4n) is 3.57. The maximum atomic E-state index is 11.7. The first kappa shape index (κ1) is 36.2. The molecule has 0 aliphatic rings. The van der Waals surface area contributed by atoms with Crippen LogP contribution >= 0.6 is 7.82 Å². The molecule has 6 heteroatoms. The van der Waals surface area contributed by atoms with Crippen molar-refractivity contribution in [1.29, 1.82) is 0 Å². The Kier molecular flexibility index (Phi) is 27.9. The standard InChI is InChI=1S/C24H51O4P.C4H12N/c1-3-5-7-9-11-13-15-17-19-21-23-27-29(25,26)28-24-22-20-18-16-14-12-10-8-6-4-2;1-5(2,3)4/h3-24H2,1-2H3,(H,25,26);1-4H3/q;+1/p-1. The lowest BCUT2D eigenvalue weighted by atomic mass is 10.1. The van der Waals surface area contributed by atoms with Crippen LogP contribution in [0.3, 0.4) is 0 Å². The molecular formula is C28H62NO4P. The zero-order valence-corrected chi connectivity index (χ0v) is 25.0. The number of quaternary nitrogens is 1. The molecule has 0 fully saturated rings. The van der Waals surface area contributed by atoms with Gasteiger partial charge in [-0.3, -0.25) is 4.57 Å². The normalized spacial score (nSPS) is 12.0. The molecule has 0 aromatic heterocycles. The maximum Gasteiger partial charge on any atom is 0.267 e. The second-order valence-corrected chi connectivity index (χ2v) is 12.6. The van der Waals surface area contributed by atoms with E-state index in [4.69, 9.17) is 9.05 Å². The molecular weight excluding hydrogens is 445 g/mol. The van der Waals surface area contributed by atoms with Crippen molar-refractivity contribution in [3.8, 4) is 0 Å². The van der Waals surface area contributed by atoms with E-state index in [1.807, 2.05) is 0 Å². The van der Waals surface area contributed by atoms with Crippen LogP contribution in [0.15, 0.2) is 0 Å². The lowest BCUT2D eigenvalue weighted by Gasteiger charge is -2.22. The zero-order chi connectivity index (χ0) is 26.0. The van der Waals surface area contributed by atoms with E-state index < -0.39 is 7.82 Å². The molecule has 0 atom stereocenters. The number of unbranched alkanes of at least 4 members (excludes halogenated alkanes) is 18. The highest BCUT2D eigenvalue weighted by Crippen LogP contribution is 2.38. The number of phosphoric acid groups is 1. The summed E-state index contributed by atoms with van der Waals surface area (Å²) < 4.78 is 22.7. The van der Waals surface area contributed by atoms with Gasteiger partial charge in [0.05, 0.1) is 41.4 Å². The molecule has 208 valence electrons. The molecule has 5 nitrogen and oxygen atoms in total. The van der Waals surface area contributed by atoms with Gasteiger partial charge in [0.15, 0.2) is 0 Å². The summed E-state index contributed by atoms with van der Waals surface area (Å²) in [6.07, 6.45) is 24.5. The predicted molar refractivity (Wildman–Crippen MR) is 147 cm³/mol. The first-order valence-electron chi connectivity index (χ1n) is 14.5. The van der Waals surface area contributed by atoms with Crippen molar-refractivity contribution in [3.63, 3.8) is 0 Å². The molecule has 0 bridgehead atoms. The number of phosphoric ester groups is 1. The van der Waals surface area contributed by atoms with Crippen molar-refractivity contribution in [2.45, 2.75) is 142 Å². The summed E-state index contributed by atoms with van der Waals surface area (Å²) in [7, 11) is 4.40. The fourth-order valence-corrected chi connectivity index (χ4v) is 4.35. The Morgan fingerprint density at radius 1 is 0.500 bits per heavy atom. The number of hydrogen-bond acceptors (Lipinski definition) is 4. The van der Waals surface area contributed by atoms with Gasteiger partial charge in [-0.1, -0.05) is 129 Å². The molecule has 0 aliphatic carbocycles. The smallest absolute Gasteiger partial charge is 0.267 e. The summed E-state index contributed by atoms with van der Waals surface area (Å²) in [6.45, 7) is 5.00. The molecule has 0 aromatic carbocycles. The van der Waals surface area contributed by atoms with Gasteiger partial charge in [-0.2, -0.15) is 0 Å². The van der Waals surface area contributed by atoms with E-state index in [0.717, 1.165) is 30.2 Å². The Balaban J connectivity index is 0. The summed E-state index contributed by atoms with van der Waals surface area (Å²) in [5, 5.41) is 0. The van der Waals surface area contributed by atoms with Crippen LogP contribution in [0.5, 0.6) is 0 Å². The topological polar surface area (TPSA) is 58.6 Å². The van der Waals surface area contributed by atoms with Crippen LogP contribution in [-0.4, -0.2) is 45.9 Å². The SMILES string of the molecule is CCCCCCCCCCCCOP(=O)([O-])OCCCCCCCCCCCC.C[N+](C)(C)C. The van der Waals surface area contributed by atoms with E-state index in [0.29, 0.717) is 0 Å². The predicted octanol–water partition coefficient (Wildman–Crippen LogP) is 8.65. The van der Waals surface area contributed by atoms with Gasteiger partial charge >= 0.3 is 0 Å². The lowest BCUT2D eigenvalue weighted by Crippen LogP contribution is -2.27. The summed E-state index contributed by atoms with van der Waals surface area (Å²) in [4.78, 5) is 11.7. The average Bonchev–Trinajstić information content (AvgIpc) is 2.74. The summed E-state index contributed by atoms with van der Waals surface area (Å²) >= 11 is 0. The third-order valence-electron chi connectivity index (χ3n) is 5.49. The van der Waals surface area contributed by atoms with E-state index in [9.17, 15) is 9.46 Å². The molecule has 34 heavy (non-hydrogen) atoms. The first-order valence-corrected chi connectivity index (χ1v) is 16.0. The van der Waals surface area contributed by atoms with Crippen LogP contribution in [0.2, 0.25) is 0 Å². The fraction of sp³-hybridized carbons (Fsp3) is 1.00. The van der Waals surface area contributed by atoms with Crippen molar-refractivity contribution >= 4 is 7.82 Å². The Hall–Kier alpha value is 0.0700. The van der Waals surface area contributed by atoms with Gasteiger partial charge in [-0.25, -0.2) is 0 Å². The Morgan fingerprint density at radius 3 is 0.941 bits per heavy atom. The van der Waals surface area contributed by atoms with E-state index in [2.05, 4.69) is 42.0 Å². The second kappa shape index (κ2) is 26.1. The van der Waals surface area contributed by atoms with Gasteiger partial charge in [-0.15, -0.1) is 0 Å². The minimum Gasteiger partial charge on any atom is -0.756 e. The van der Waals surface area contributed by atoms with Crippen molar-refractivity contribution in [1.82, 2.24) is 0 Å². The van der Waals surface area contributed by atoms with Gasteiger partial charge < -0.3 is 18.4 Å². The van der Waals surface area contributed by atoms with Gasteiger partial charge in [-0.05, 0) is 12.8 Å². The van der Waals surface area contributed by atoms with Gasteiger partial charge in [0.2, 0.25) is 0 Å². The number of nitrogens with zero attached hydrogens (tertiary/aromatic N) is 1.